The molecule has 3 rings (SSSR count). The molecule has 0 N–H and O–H groups in total. The van der Waals surface area contributed by atoms with Crippen LogP contribution in [-0.2, 0) is 15.9 Å². The monoisotopic (exact) mass is 396 g/mol. The molecule has 0 saturated carbocycles. The first kappa shape index (κ1) is 21.4. The average molecular weight is 397 g/mol. The van der Waals surface area contributed by atoms with Gasteiger partial charge >= 0.3 is 0 Å². The van der Waals surface area contributed by atoms with Crippen molar-refractivity contribution in [1.82, 2.24) is 0 Å². The van der Waals surface area contributed by atoms with E-state index in [0.29, 0.717) is 13.2 Å². The normalized spacial score (nSPS) is 11.3. The van der Waals surface area contributed by atoms with Crippen LogP contribution in [0, 0.1) is 0 Å². The molecule has 0 unspecified atom stereocenters. The lowest BCUT2D eigenvalue weighted by Gasteiger charge is -2.18. The van der Waals surface area contributed by atoms with Gasteiger partial charge in [0.15, 0.2) is 13.6 Å². The maximum Gasteiger partial charge on any atom is 0.189 e. The van der Waals surface area contributed by atoms with Gasteiger partial charge in [-0.3, -0.25) is 0 Å². The second-order valence-electron chi connectivity index (χ2n) is 7.05. The highest BCUT2D eigenvalue weighted by Gasteiger charge is 2.17. The highest BCUT2D eigenvalue weighted by Crippen LogP contribution is 2.43. The van der Waals surface area contributed by atoms with Crippen molar-refractivity contribution in [2.75, 3.05) is 26.8 Å². The Bertz CT molecular complexity index is 919. The summed E-state index contributed by atoms with van der Waals surface area (Å²) < 4.78 is 23.2. The van der Waals surface area contributed by atoms with Gasteiger partial charge in [-0.2, -0.15) is 0 Å². The molecular weight excluding hydrogens is 364 g/mol. The molecule has 156 valence electrons. The molecule has 3 aromatic carbocycles. The second kappa shape index (κ2) is 11.0. The summed E-state index contributed by atoms with van der Waals surface area (Å²) in [5.74, 6) is 1.69. The summed E-state index contributed by atoms with van der Waals surface area (Å²) >= 11 is 0. The Morgan fingerprint density at radius 3 is 1.83 bits per heavy atom. The maximum atomic E-state index is 6.13. The lowest BCUT2D eigenvalue weighted by atomic mass is 9.97. The van der Waals surface area contributed by atoms with Crippen molar-refractivity contribution >= 4 is 21.5 Å². The van der Waals surface area contributed by atoms with E-state index in [4.69, 9.17) is 18.9 Å². The smallest absolute Gasteiger partial charge is 0.189 e. The van der Waals surface area contributed by atoms with E-state index in [9.17, 15) is 0 Å². The molecule has 0 aliphatic rings. The minimum absolute atomic E-state index is 0.229. The van der Waals surface area contributed by atoms with Gasteiger partial charge in [0.25, 0.3) is 0 Å². The molecule has 0 radical (unpaired) electrons. The molecule has 4 nitrogen and oxygen atoms in total. The Labute approximate surface area is 173 Å². The fraction of sp³-hybridized carbons (Fsp3) is 0.440. The number of unbranched alkanes of at least 4 members (excludes halogenated alkanes) is 2. The second-order valence-corrected chi connectivity index (χ2v) is 7.05. The predicted octanol–water partition coefficient (Wildman–Crippen LogP) is 6.47. The third-order valence-corrected chi connectivity index (χ3v) is 5.04. The van der Waals surface area contributed by atoms with Crippen LogP contribution in [0.1, 0.15) is 45.6 Å². The van der Waals surface area contributed by atoms with Crippen LogP contribution in [0.4, 0.5) is 0 Å². The predicted molar refractivity (Wildman–Crippen MR) is 119 cm³/mol. The van der Waals surface area contributed by atoms with Gasteiger partial charge in [0.2, 0.25) is 0 Å². The van der Waals surface area contributed by atoms with Crippen LogP contribution in [0.25, 0.3) is 21.5 Å². The van der Waals surface area contributed by atoms with Crippen molar-refractivity contribution in [2.24, 2.45) is 0 Å². The van der Waals surface area contributed by atoms with Crippen molar-refractivity contribution in [1.29, 1.82) is 0 Å². The first-order valence-electron chi connectivity index (χ1n) is 10.7. The summed E-state index contributed by atoms with van der Waals surface area (Å²) in [7, 11) is 0. The summed E-state index contributed by atoms with van der Waals surface area (Å²) in [6, 6.07) is 14.8. The number of aryl methyl sites for hydroxylation is 1. The fourth-order valence-electron chi connectivity index (χ4n) is 3.56. The van der Waals surface area contributed by atoms with Gasteiger partial charge < -0.3 is 18.9 Å². The first-order chi connectivity index (χ1) is 14.3. The van der Waals surface area contributed by atoms with Crippen molar-refractivity contribution < 1.29 is 18.9 Å². The van der Waals surface area contributed by atoms with E-state index in [0.717, 1.165) is 39.5 Å². The molecule has 4 heteroatoms. The molecule has 3 aromatic rings. The summed E-state index contributed by atoms with van der Waals surface area (Å²) in [6.45, 7) is 7.86. The van der Waals surface area contributed by atoms with Gasteiger partial charge in [0, 0.05) is 34.8 Å². The molecule has 0 fully saturated rings. The third-order valence-electron chi connectivity index (χ3n) is 5.04. The third kappa shape index (κ3) is 5.20. The molecule has 29 heavy (non-hydrogen) atoms. The van der Waals surface area contributed by atoms with E-state index in [1.54, 1.807) is 0 Å². The van der Waals surface area contributed by atoms with E-state index in [1.165, 1.54) is 24.8 Å². The Balaban J connectivity index is 2.13. The molecule has 0 spiro atoms. The SMILES string of the molecule is CCCCCc1ccc2c(OCOCC)c3ccccc3c(OCOCC)c2c1. The summed E-state index contributed by atoms with van der Waals surface area (Å²) in [5, 5.41) is 4.14. The zero-order chi connectivity index (χ0) is 20.5. The van der Waals surface area contributed by atoms with Gasteiger partial charge in [-0.05, 0) is 38.3 Å². The van der Waals surface area contributed by atoms with Gasteiger partial charge in [-0.25, -0.2) is 0 Å². The van der Waals surface area contributed by atoms with E-state index in [2.05, 4.69) is 37.3 Å². The maximum absolute atomic E-state index is 6.13. The van der Waals surface area contributed by atoms with Gasteiger partial charge in [-0.1, -0.05) is 56.2 Å². The molecule has 0 aromatic heterocycles. The number of hydrogen-bond acceptors (Lipinski definition) is 4. The highest BCUT2D eigenvalue weighted by molar-refractivity contribution is 6.11. The van der Waals surface area contributed by atoms with Gasteiger partial charge in [-0.15, -0.1) is 0 Å². The number of hydrogen-bond donors (Lipinski definition) is 0. The Hall–Kier alpha value is -2.30. The van der Waals surface area contributed by atoms with E-state index < -0.39 is 0 Å². The van der Waals surface area contributed by atoms with Crippen molar-refractivity contribution in [3.05, 3.63) is 48.0 Å². The molecule has 0 amide bonds. The van der Waals surface area contributed by atoms with Crippen molar-refractivity contribution in [2.45, 2.75) is 46.5 Å². The molecule has 0 aliphatic heterocycles. The van der Waals surface area contributed by atoms with Gasteiger partial charge in [0.05, 0.1) is 0 Å². The molecular formula is C25H32O4. The van der Waals surface area contributed by atoms with Crippen LogP contribution in [0.5, 0.6) is 11.5 Å². The van der Waals surface area contributed by atoms with Crippen LogP contribution in [-0.4, -0.2) is 26.8 Å². The Morgan fingerprint density at radius 2 is 1.24 bits per heavy atom. The van der Waals surface area contributed by atoms with Crippen LogP contribution in [0.3, 0.4) is 0 Å². The van der Waals surface area contributed by atoms with Gasteiger partial charge in [0.1, 0.15) is 11.5 Å². The summed E-state index contributed by atoms with van der Waals surface area (Å²) in [6.07, 6.45) is 4.72. The average Bonchev–Trinajstić information content (AvgIpc) is 2.75. The number of benzene rings is 3. The summed E-state index contributed by atoms with van der Waals surface area (Å²) in [5.41, 5.74) is 1.32. The quantitative estimate of drug-likeness (QED) is 0.200. The van der Waals surface area contributed by atoms with E-state index >= 15 is 0 Å². The number of fused-ring (bicyclic) bond motifs is 2. The highest BCUT2D eigenvalue weighted by atomic mass is 16.7. The largest absolute Gasteiger partial charge is 0.466 e. The van der Waals surface area contributed by atoms with Crippen LogP contribution in [0.2, 0.25) is 0 Å². The molecule has 0 bridgehead atoms. The Kier molecular flexibility index (Phi) is 8.14. The minimum atomic E-state index is 0.229. The Morgan fingerprint density at radius 1 is 0.655 bits per heavy atom. The van der Waals surface area contributed by atoms with Crippen molar-refractivity contribution in [3.63, 3.8) is 0 Å². The lowest BCUT2D eigenvalue weighted by Crippen LogP contribution is -2.06. The zero-order valence-corrected chi connectivity index (χ0v) is 17.8. The molecule has 0 heterocycles. The molecule has 0 atom stereocenters. The lowest BCUT2D eigenvalue weighted by molar-refractivity contribution is 0.0227. The number of rotatable bonds is 12. The number of ether oxygens (including phenoxy) is 4. The topological polar surface area (TPSA) is 36.9 Å². The fourth-order valence-corrected chi connectivity index (χ4v) is 3.56. The van der Waals surface area contributed by atoms with E-state index in [1.807, 2.05) is 26.0 Å². The zero-order valence-electron chi connectivity index (χ0n) is 17.8. The standard InChI is InChI=1S/C25H32O4/c1-4-7-8-11-19-14-15-22-23(16-19)25(29-18-27-6-3)21-13-10-9-12-20(21)24(22)28-17-26-5-2/h9-10,12-16H,4-8,11,17-18H2,1-3H3. The first-order valence-corrected chi connectivity index (χ1v) is 10.7. The molecule has 0 saturated heterocycles. The molecule has 0 aliphatic carbocycles. The van der Waals surface area contributed by atoms with Crippen LogP contribution < -0.4 is 9.47 Å². The van der Waals surface area contributed by atoms with Crippen molar-refractivity contribution in [3.8, 4) is 11.5 Å². The van der Waals surface area contributed by atoms with Crippen LogP contribution >= 0.6 is 0 Å². The summed E-state index contributed by atoms with van der Waals surface area (Å²) in [4.78, 5) is 0. The van der Waals surface area contributed by atoms with Crippen LogP contribution in [0.15, 0.2) is 42.5 Å². The minimum Gasteiger partial charge on any atom is -0.466 e. The van der Waals surface area contributed by atoms with E-state index in [-0.39, 0.29) is 13.6 Å².